The summed E-state index contributed by atoms with van der Waals surface area (Å²) in [5.74, 6) is -3.59. The highest BCUT2D eigenvalue weighted by Gasteiger charge is 2.28. The van der Waals surface area contributed by atoms with Gasteiger partial charge in [-0.3, -0.25) is 0 Å². The van der Waals surface area contributed by atoms with Crippen molar-refractivity contribution in [2.24, 2.45) is 0 Å². The van der Waals surface area contributed by atoms with E-state index in [0.29, 0.717) is 16.1 Å². The first-order valence-corrected chi connectivity index (χ1v) is 8.89. The van der Waals surface area contributed by atoms with Crippen LogP contribution in [-0.4, -0.2) is 31.6 Å². The van der Waals surface area contributed by atoms with Gasteiger partial charge in [0, 0.05) is 24.4 Å². The maximum absolute atomic E-state index is 14.3. The Hall–Kier alpha value is -3.01. The third kappa shape index (κ3) is 3.23. The highest BCUT2D eigenvalue weighted by atomic mass is 32.2. The van der Waals surface area contributed by atoms with Crippen LogP contribution in [0.3, 0.4) is 0 Å². The van der Waals surface area contributed by atoms with Crippen LogP contribution < -0.4 is 9.47 Å². The van der Waals surface area contributed by atoms with Gasteiger partial charge in [0.2, 0.25) is 5.88 Å². The molecule has 1 aromatic carbocycles. The van der Waals surface area contributed by atoms with E-state index in [9.17, 15) is 21.6 Å². The first-order valence-electron chi connectivity index (χ1n) is 7.45. The standard InChI is InChI=1S/C17H13F3N2O4S/c1-25-14-5-6-22(17(14)16-12(19)7-10(18)8-13(16)20)27(23,24)11-3-4-15(26-2)21-9-11/h3-9H,1-2H3. The summed E-state index contributed by atoms with van der Waals surface area (Å²) in [6.07, 6.45) is 2.12. The average molecular weight is 398 g/mol. The second kappa shape index (κ2) is 6.95. The quantitative estimate of drug-likeness (QED) is 0.660. The van der Waals surface area contributed by atoms with Crippen LogP contribution in [0, 0.1) is 17.5 Å². The van der Waals surface area contributed by atoms with Crippen molar-refractivity contribution in [1.29, 1.82) is 0 Å². The normalized spacial score (nSPS) is 11.4. The molecule has 3 rings (SSSR count). The maximum Gasteiger partial charge on any atom is 0.269 e. The molecule has 0 aliphatic rings. The minimum absolute atomic E-state index is 0.107. The summed E-state index contributed by atoms with van der Waals surface area (Å²) in [7, 11) is -1.71. The number of hydrogen-bond donors (Lipinski definition) is 0. The number of halogens is 3. The molecule has 27 heavy (non-hydrogen) atoms. The molecule has 0 saturated heterocycles. The van der Waals surface area contributed by atoms with E-state index in [1.807, 2.05) is 0 Å². The smallest absolute Gasteiger partial charge is 0.269 e. The van der Waals surface area contributed by atoms with E-state index < -0.39 is 38.7 Å². The van der Waals surface area contributed by atoms with E-state index in [4.69, 9.17) is 9.47 Å². The Labute approximate surface area is 152 Å². The van der Waals surface area contributed by atoms with E-state index in [2.05, 4.69) is 4.98 Å². The predicted octanol–water partition coefficient (Wildman–Crippen LogP) is 3.22. The number of ether oxygens (including phenoxy) is 2. The fourth-order valence-electron chi connectivity index (χ4n) is 2.52. The van der Waals surface area contributed by atoms with E-state index in [1.165, 1.54) is 32.4 Å². The molecular formula is C17H13F3N2O4S. The van der Waals surface area contributed by atoms with Crippen LogP contribution in [0.5, 0.6) is 11.6 Å². The first kappa shape index (κ1) is 18.8. The minimum Gasteiger partial charge on any atom is -0.494 e. The van der Waals surface area contributed by atoms with Crippen molar-refractivity contribution >= 4 is 10.0 Å². The van der Waals surface area contributed by atoms with Crippen molar-refractivity contribution in [2.75, 3.05) is 14.2 Å². The third-order valence-corrected chi connectivity index (χ3v) is 5.41. The topological polar surface area (TPSA) is 70.4 Å². The second-order valence-corrected chi connectivity index (χ2v) is 7.13. The zero-order valence-corrected chi connectivity index (χ0v) is 14.9. The van der Waals surface area contributed by atoms with E-state index in [1.54, 1.807) is 0 Å². The zero-order chi connectivity index (χ0) is 19.8. The predicted molar refractivity (Wildman–Crippen MR) is 89.7 cm³/mol. The summed E-state index contributed by atoms with van der Waals surface area (Å²) >= 11 is 0. The Morgan fingerprint density at radius 1 is 1.00 bits per heavy atom. The second-order valence-electron chi connectivity index (χ2n) is 5.31. The van der Waals surface area contributed by atoms with Crippen LogP contribution in [0.4, 0.5) is 13.2 Å². The Balaban J connectivity index is 2.25. The molecule has 2 heterocycles. The first-order chi connectivity index (χ1) is 12.8. The van der Waals surface area contributed by atoms with E-state index >= 15 is 0 Å². The maximum atomic E-state index is 14.3. The lowest BCUT2D eigenvalue weighted by atomic mass is 10.1. The molecule has 142 valence electrons. The van der Waals surface area contributed by atoms with Crippen molar-refractivity contribution in [2.45, 2.75) is 4.90 Å². The van der Waals surface area contributed by atoms with Crippen molar-refractivity contribution in [3.63, 3.8) is 0 Å². The number of nitrogens with zero attached hydrogens (tertiary/aromatic N) is 2. The molecule has 0 spiro atoms. The van der Waals surface area contributed by atoms with E-state index in [-0.39, 0.29) is 16.5 Å². The number of aromatic nitrogens is 2. The van der Waals surface area contributed by atoms with Gasteiger partial charge in [-0.05, 0) is 12.1 Å². The molecular weight excluding hydrogens is 385 g/mol. The Morgan fingerprint density at radius 2 is 1.67 bits per heavy atom. The van der Waals surface area contributed by atoms with Crippen LogP contribution >= 0.6 is 0 Å². The van der Waals surface area contributed by atoms with Gasteiger partial charge in [-0.25, -0.2) is 30.5 Å². The van der Waals surface area contributed by atoms with Crippen molar-refractivity contribution in [3.05, 3.63) is 60.2 Å². The molecule has 3 aromatic rings. The lowest BCUT2D eigenvalue weighted by molar-refractivity contribution is 0.397. The largest absolute Gasteiger partial charge is 0.494 e. The summed E-state index contributed by atoms with van der Waals surface area (Å²) in [5.41, 5.74) is -1.15. The summed E-state index contributed by atoms with van der Waals surface area (Å²) in [5, 5.41) is 0. The van der Waals surface area contributed by atoms with Gasteiger partial charge in [-0.15, -0.1) is 0 Å². The molecule has 0 bridgehead atoms. The Bertz CT molecular complexity index is 1070. The van der Waals surface area contributed by atoms with Gasteiger partial charge in [-0.1, -0.05) is 0 Å². The van der Waals surface area contributed by atoms with E-state index in [0.717, 1.165) is 12.4 Å². The molecule has 0 aliphatic carbocycles. The molecule has 6 nitrogen and oxygen atoms in total. The third-order valence-electron chi connectivity index (χ3n) is 3.75. The molecule has 0 unspecified atom stereocenters. The molecule has 0 fully saturated rings. The molecule has 0 atom stereocenters. The number of pyridine rings is 1. The summed E-state index contributed by atoms with van der Waals surface area (Å²) in [6, 6.07) is 4.70. The molecule has 2 aromatic heterocycles. The molecule has 0 saturated carbocycles. The van der Waals surface area contributed by atoms with Gasteiger partial charge in [0.05, 0.1) is 26.0 Å². The molecule has 10 heteroatoms. The van der Waals surface area contributed by atoms with Crippen LogP contribution in [-0.2, 0) is 10.0 Å². The Morgan fingerprint density at radius 3 is 2.19 bits per heavy atom. The lowest BCUT2D eigenvalue weighted by Gasteiger charge is -2.13. The Kier molecular flexibility index (Phi) is 4.83. The zero-order valence-electron chi connectivity index (χ0n) is 14.1. The number of benzene rings is 1. The number of rotatable bonds is 5. The van der Waals surface area contributed by atoms with Gasteiger partial charge in [0.25, 0.3) is 10.0 Å². The van der Waals surface area contributed by atoms with Crippen molar-refractivity contribution in [1.82, 2.24) is 8.96 Å². The van der Waals surface area contributed by atoms with Crippen molar-refractivity contribution in [3.8, 4) is 22.9 Å². The van der Waals surface area contributed by atoms with Crippen LogP contribution in [0.1, 0.15) is 0 Å². The molecule has 0 radical (unpaired) electrons. The SMILES string of the molecule is COc1ccc(S(=O)(=O)n2ccc(OC)c2-c2c(F)cc(F)cc2F)cn1. The van der Waals surface area contributed by atoms with Crippen molar-refractivity contribution < 1.29 is 31.1 Å². The number of methoxy groups -OCH3 is 2. The monoisotopic (exact) mass is 398 g/mol. The highest BCUT2D eigenvalue weighted by molar-refractivity contribution is 7.90. The van der Waals surface area contributed by atoms with Gasteiger partial charge in [-0.2, -0.15) is 0 Å². The van der Waals surface area contributed by atoms with Gasteiger partial charge in [0.15, 0.2) is 0 Å². The summed E-state index contributed by atoms with van der Waals surface area (Å²) in [4.78, 5) is 3.58. The lowest BCUT2D eigenvalue weighted by Crippen LogP contribution is -2.14. The minimum atomic E-state index is -4.28. The fraction of sp³-hybridized carbons (Fsp3) is 0.118. The van der Waals surface area contributed by atoms with Gasteiger partial charge < -0.3 is 9.47 Å². The highest BCUT2D eigenvalue weighted by Crippen LogP contribution is 2.37. The van der Waals surface area contributed by atoms with Gasteiger partial charge in [0.1, 0.15) is 33.8 Å². The average Bonchev–Trinajstić information content (AvgIpc) is 3.05. The fourth-order valence-corrected chi connectivity index (χ4v) is 3.81. The molecule has 0 amide bonds. The molecule has 0 N–H and O–H groups in total. The summed E-state index contributed by atoms with van der Waals surface area (Å²) < 4.78 is 78.3. The van der Waals surface area contributed by atoms with Crippen LogP contribution in [0.15, 0.2) is 47.6 Å². The summed E-state index contributed by atoms with van der Waals surface area (Å²) in [6.45, 7) is 0. The number of hydrogen-bond acceptors (Lipinski definition) is 5. The van der Waals surface area contributed by atoms with Crippen LogP contribution in [0.2, 0.25) is 0 Å². The van der Waals surface area contributed by atoms with Crippen LogP contribution in [0.25, 0.3) is 11.3 Å². The van der Waals surface area contributed by atoms with Gasteiger partial charge >= 0.3 is 0 Å². The molecule has 0 aliphatic heterocycles.